The van der Waals surface area contributed by atoms with Crippen molar-refractivity contribution >= 4 is 12.1 Å². The lowest BCUT2D eigenvalue weighted by Crippen LogP contribution is -2.05. The largest absolute Gasteiger partial charge is 0.447 e. The minimum atomic E-state index is 0.625. The van der Waals surface area contributed by atoms with E-state index >= 15 is 0 Å². The average Bonchev–Trinajstić information content (AvgIpc) is 3.14. The molecule has 0 unspecified atom stereocenters. The molecule has 23 heavy (non-hydrogen) atoms. The van der Waals surface area contributed by atoms with Gasteiger partial charge in [-0.05, 0) is 50.5 Å². The van der Waals surface area contributed by atoms with Gasteiger partial charge in [0.05, 0.1) is 12.0 Å². The molecule has 3 aromatic rings. The van der Waals surface area contributed by atoms with Crippen LogP contribution in [0.5, 0.6) is 0 Å². The third-order valence-electron chi connectivity index (χ3n) is 4.23. The van der Waals surface area contributed by atoms with Crippen molar-refractivity contribution in [1.82, 2.24) is 4.57 Å². The van der Waals surface area contributed by atoms with Gasteiger partial charge in [-0.25, -0.2) is 4.99 Å². The average molecular weight is 306 g/mol. The van der Waals surface area contributed by atoms with E-state index in [0.717, 1.165) is 12.0 Å². The zero-order chi connectivity index (χ0) is 16.4. The van der Waals surface area contributed by atoms with Gasteiger partial charge in [-0.3, -0.25) is 0 Å². The number of rotatable bonds is 4. The normalized spacial score (nSPS) is 11.5. The van der Waals surface area contributed by atoms with Crippen LogP contribution in [0.2, 0.25) is 0 Å². The molecule has 0 N–H and O–H groups in total. The fourth-order valence-electron chi connectivity index (χ4n) is 3.06. The van der Waals surface area contributed by atoms with E-state index in [0.29, 0.717) is 5.88 Å². The molecule has 0 radical (unpaired) electrons. The Balaban J connectivity index is 2.09. The minimum Gasteiger partial charge on any atom is -0.447 e. The molecule has 1 aromatic carbocycles. The van der Waals surface area contributed by atoms with Crippen LogP contribution in [0, 0.1) is 20.8 Å². The van der Waals surface area contributed by atoms with E-state index in [4.69, 9.17) is 4.42 Å². The highest BCUT2D eigenvalue weighted by atomic mass is 16.3. The number of hydrogen-bond donors (Lipinski definition) is 0. The van der Waals surface area contributed by atoms with Crippen LogP contribution >= 0.6 is 0 Å². The maximum Gasteiger partial charge on any atom is 0.218 e. The Kier molecular flexibility index (Phi) is 4.20. The second kappa shape index (κ2) is 6.29. The van der Waals surface area contributed by atoms with Gasteiger partial charge < -0.3 is 8.98 Å². The summed E-state index contributed by atoms with van der Waals surface area (Å²) >= 11 is 0. The fourth-order valence-corrected chi connectivity index (χ4v) is 3.06. The van der Waals surface area contributed by atoms with E-state index in [1.165, 1.54) is 28.2 Å². The topological polar surface area (TPSA) is 30.4 Å². The summed E-state index contributed by atoms with van der Waals surface area (Å²) in [7, 11) is 0. The first-order valence-electron chi connectivity index (χ1n) is 7.97. The molecule has 3 heteroatoms. The van der Waals surface area contributed by atoms with Gasteiger partial charge in [0, 0.05) is 29.2 Å². The Hall–Kier alpha value is -2.55. The van der Waals surface area contributed by atoms with Crippen molar-refractivity contribution in [3.63, 3.8) is 0 Å². The molecule has 0 aliphatic heterocycles. The van der Waals surface area contributed by atoms with Crippen LogP contribution in [0.25, 0.3) is 5.69 Å². The van der Waals surface area contributed by atoms with Gasteiger partial charge in [0.25, 0.3) is 0 Å². The second-order valence-corrected chi connectivity index (χ2v) is 5.81. The first-order chi connectivity index (χ1) is 11.1. The third kappa shape index (κ3) is 2.87. The minimum absolute atomic E-state index is 0.625. The molecule has 0 atom stereocenters. The number of nitrogens with zero attached hydrogens (tertiary/aromatic N) is 2. The molecule has 0 aliphatic carbocycles. The SMILES string of the molecule is CCc1cccc(C)c1-n1c(C)cc(C=Nc2ccco2)c1C. The Morgan fingerprint density at radius 3 is 2.65 bits per heavy atom. The standard InChI is InChI=1S/C20H22N2O/c1-5-17-9-6-8-14(2)20(17)22-15(3)12-18(16(22)4)13-21-19-10-7-11-23-19/h6-13H,5H2,1-4H3. The van der Waals surface area contributed by atoms with Crippen molar-refractivity contribution in [2.45, 2.75) is 34.1 Å². The van der Waals surface area contributed by atoms with Crippen LogP contribution in [0.4, 0.5) is 5.88 Å². The van der Waals surface area contributed by atoms with Crippen LogP contribution < -0.4 is 0 Å². The molecule has 0 spiro atoms. The Morgan fingerprint density at radius 2 is 1.96 bits per heavy atom. The number of aliphatic imine (C=N–C) groups is 1. The molecular formula is C20H22N2O. The van der Waals surface area contributed by atoms with Crippen molar-refractivity contribution in [2.24, 2.45) is 4.99 Å². The van der Waals surface area contributed by atoms with Gasteiger partial charge in [-0.2, -0.15) is 0 Å². The van der Waals surface area contributed by atoms with Gasteiger partial charge in [-0.15, -0.1) is 0 Å². The van der Waals surface area contributed by atoms with Crippen LogP contribution in [-0.4, -0.2) is 10.8 Å². The first kappa shape index (κ1) is 15.3. The summed E-state index contributed by atoms with van der Waals surface area (Å²) in [6.07, 6.45) is 4.53. The maximum absolute atomic E-state index is 5.27. The van der Waals surface area contributed by atoms with E-state index in [-0.39, 0.29) is 0 Å². The molecule has 0 saturated carbocycles. The van der Waals surface area contributed by atoms with Crippen LogP contribution in [0.1, 0.15) is 35.0 Å². The summed E-state index contributed by atoms with van der Waals surface area (Å²) in [5.74, 6) is 0.625. The highest BCUT2D eigenvalue weighted by Gasteiger charge is 2.14. The molecule has 0 amide bonds. The highest BCUT2D eigenvalue weighted by molar-refractivity contribution is 5.84. The lowest BCUT2D eigenvalue weighted by Gasteiger charge is -2.17. The van der Waals surface area contributed by atoms with Crippen LogP contribution in [0.15, 0.2) is 52.1 Å². The van der Waals surface area contributed by atoms with E-state index in [2.05, 4.69) is 61.5 Å². The summed E-state index contributed by atoms with van der Waals surface area (Å²) in [5.41, 5.74) is 7.48. The fraction of sp³-hybridized carbons (Fsp3) is 0.250. The molecule has 0 fully saturated rings. The highest BCUT2D eigenvalue weighted by Crippen LogP contribution is 2.26. The number of benzene rings is 1. The van der Waals surface area contributed by atoms with Gasteiger partial charge in [0.1, 0.15) is 0 Å². The zero-order valence-electron chi connectivity index (χ0n) is 14.1. The van der Waals surface area contributed by atoms with Gasteiger partial charge in [-0.1, -0.05) is 25.1 Å². The van der Waals surface area contributed by atoms with Crippen LogP contribution in [0.3, 0.4) is 0 Å². The molecule has 118 valence electrons. The van der Waals surface area contributed by atoms with E-state index in [1.54, 1.807) is 6.26 Å². The van der Waals surface area contributed by atoms with Crippen molar-refractivity contribution in [3.8, 4) is 5.69 Å². The summed E-state index contributed by atoms with van der Waals surface area (Å²) < 4.78 is 7.60. The lowest BCUT2D eigenvalue weighted by atomic mass is 10.1. The summed E-state index contributed by atoms with van der Waals surface area (Å²) in [6.45, 7) is 8.65. The number of para-hydroxylation sites is 1. The Morgan fingerprint density at radius 1 is 1.13 bits per heavy atom. The quantitative estimate of drug-likeness (QED) is 0.601. The first-order valence-corrected chi connectivity index (χ1v) is 7.97. The smallest absolute Gasteiger partial charge is 0.218 e. The molecule has 2 aromatic heterocycles. The van der Waals surface area contributed by atoms with Crippen LogP contribution in [-0.2, 0) is 6.42 Å². The van der Waals surface area contributed by atoms with E-state index in [9.17, 15) is 0 Å². The van der Waals surface area contributed by atoms with Crippen molar-refractivity contribution in [3.05, 3.63) is 70.7 Å². The summed E-state index contributed by atoms with van der Waals surface area (Å²) in [5, 5.41) is 0. The third-order valence-corrected chi connectivity index (χ3v) is 4.23. The predicted molar refractivity (Wildman–Crippen MR) is 95.3 cm³/mol. The number of furan rings is 1. The monoisotopic (exact) mass is 306 g/mol. The maximum atomic E-state index is 5.27. The lowest BCUT2D eigenvalue weighted by molar-refractivity contribution is 0.578. The molecule has 0 aliphatic rings. The van der Waals surface area contributed by atoms with E-state index in [1.807, 2.05) is 18.3 Å². The van der Waals surface area contributed by atoms with Gasteiger partial charge in [0.2, 0.25) is 5.88 Å². The van der Waals surface area contributed by atoms with Gasteiger partial charge >= 0.3 is 0 Å². The molecule has 0 saturated heterocycles. The van der Waals surface area contributed by atoms with E-state index < -0.39 is 0 Å². The van der Waals surface area contributed by atoms with Crippen molar-refractivity contribution in [2.75, 3.05) is 0 Å². The molecule has 0 bridgehead atoms. The molecule has 2 heterocycles. The summed E-state index contributed by atoms with van der Waals surface area (Å²) in [4.78, 5) is 4.41. The van der Waals surface area contributed by atoms with Gasteiger partial charge in [0.15, 0.2) is 0 Å². The number of hydrogen-bond acceptors (Lipinski definition) is 2. The van der Waals surface area contributed by atoms with Crippen molar-refractivity contribution < 1.29 is 4.42 Å². The number of aryl methyl sites for hydroxylation is 3. The molecular weight excluding hydrogens is 284 g/mol. The molecule has 3 rings (SSSR count). The van der Waals surface area contributed by atoms with Crippen molar-refractivity contribution in [1.29, 1.82) is 0 Å². The zero-order valence-corrected chi connectivity index (χ0v) is 14.1. The summed E-state index contributed by atoms with van der Waals surface area (Å²) in [6, 6.07) is 12.4. The Bertz CT molecular complexity index is 839. The molecule has 3 nitrogen and oxygen atoms in total. The predicted octanol–water partition coefficient (Wildman–Crippen LogP) is 5.31. The Labute approximate surface area is 137 Å². The number of aromatic nitrogens is 1. The second-order valence-electron chi connectivity index (χ2n) is 5.81.